The minimum atomic E-state index is -0.675. The second-order valence-electron chi connectivity index (χ2n) is 14.4. The lowest BCUT2D eigenvalue weighted by atomic mass is 10.1. The number of fused-ring (bicyclic) bond motifs is 4. The Morgan fingerprint density at radius 2 is 0.914 bits per heavy atom. The SMILES string of the molecule is CCn1c(=O)n(Cc2nc3ccccc3n2CC(O)c2ccccc2)c2ccccc21.CCn1c(=O)n(Cc2nc3ccccc3n2CCCCO)c2ccccc21. The van der Waals surface area contributed by atoms with E-state index in [1.54, 1.807) is 13.7 Å². The molecular formula is C46H48N8O4. The first-order valence-corrected chi connectivity index (χ1v) is 20.0. The Labute approximate surface area is 335 Å². The lowest BCUT2D eigenvalue weighted by Gasteiger charge is -2.15. The third kappa shape index (κ3) is 7.28. The topological polar surface area (TPSA) is 130 Å². The molecule has 0 bridgehead atoms. The first kappa shape index (κ1) is 38.4. The molecule has 9 rings (SSSR count). The van der Waals surface area contributed by atoms with Crippen molar-refractivity contribution in [3.8, 4) is 0 Å². The summed E-state index contributed by atoms with van der Waals surface area (Å²) in [5.41, 5.74) is 8.28. The minimum absolute atomic E-state index is 0.00679. The number of rotatable bonds is 13. The number of aliphatic hydroxyl groups is 2. The van der Waals surface area contributed by atoms with Crippen LogP contribution < -0.4 is 11.4 Å². The smallest absolute Gasteiger partial charge is 0.329 e. The summed E-state index contributed by atoms with van der Waals surface area (Å²) in [4.78, 5) is 35.7. The summed E-state index contributed by atoms with van der Waals surface area (Å²) in [7, 11) is 0. The average Bonchev–Trinajstić information content (AvgIpc) is 3.96. The van der Waals surface area contributed by atoms with Gasteiger partial charge in [-0.25, -0.2) is 19.6 Å². The van der Waals surface area contributed by atoms with Gasteiger partial charge >= 0.3 is 11.4 Å². The van der Waals surface area contributed by atoms with Gasteiger partial charge in [-0.2, -0.15) is 0 Å². The first-order chi connectivity index (χ1) is 28.4. The molecule has 2 N–H and O–H groups in total. The molecule has 4 heterocycles. The zero-order valence-corrected chi connectivity index (χ0v) is 32.9. The zero-order chi connectivity index (χ0) is 40.2. The van der Waals surface area contributed by atoms with Gasteiger partial charge in [0.05, 0.1) is 69.9 Å². The number of imidazole rings is 4. The molecule has 4 aromatic heterocycles. The number of nitrogens with zero attached hydrogens (tertiary/aromatic N) is 8. The van der Waals surface area contributed by atoms with Gasteiger partial charge in [-0.3, -0.25) is 18.3 Å². The third-order valence-corrected chi connectivity index (χ3v) is 10.9. The van der Waals surface area contributed by atoms with Crippen molar-refractivity contribution < 1.29 is 10.2 Å². The summed E-state index contributed by atoms with van der Waals surface area (Å²) >= 11 is 0. The molecule has 0 radical (unpaired) electrons. The van der Waals surface area contributed by atoms with Crippen LogP contribution in [-0.4, -0.2) is 54.2 Å². The number of aliphatic hydroxyl groups excluding tert-OH is 2. The minimum Gasteiger partial charge on any atom is -0.396 e. The van der Waals surface area contributed by atoms with Crippen LogP contribution in [0.15, 0.2) is 137 Å². The molecule has 0 saturated carbocycles. The Hall–Kier alpha value is -6.50. The molecule has 0 saturated heterocycles. The summed E-state index contributed by atoms with van der Waals surface area (Å²) in [5.74, 6) is 1.62. The van der Waals surface area contributed by atoms with Crippen LogP contribution in [0.4, 0.5) is 0 Å². The largest absolute Gasteiger partial charge is 0.396 e. The Morgan fingerprint density at radius 1 is 0.500 bits per heavy atom. The van der Waals surface area contributed by atoms with Gasteiger partial charge in [0, 0.05) is 26.2 Å². The van der Waals surface area contributed by atoms with E-state index in [1.807, 2.05) is 144 Å². The molecule has 0 spiro atoms. The molecule has 0 amide bonds. The second-order valence-corrected chi connectivity index (χ2v) is 14.4. The van der Waals surface area contributed by atoms with Crippen molar-refractivity contribution in [3.05, 3.63) is 166 Å². The lowest BCUT2D eigenvalue weighted by Crippen LogP contribution is -2.25. The molecule has 296 valence electrons. The van der Waals surface area contributed by atoms with Crippen LogP contribution in [0.3, 0.4) is 0 Å². The fraction of sp³-hybridized carbons (Fsp3) is 0.261. The van der Waals surface area contributed by atoms with Crippen molar-refractivity contribution in [2.75, 3.05) is 6.61 Å². The van der Waals surface area contributed by atoms with E-state index in [9.17, 15) is 14.7 Å². The molecule has 1 atom stereocenters. The highest BCUT2D eigenvalue weighted by Crippen LogP contribution is 2.24. The maximum absolute atomic E-state index is 13.1. The van der Waals surface area contributed by atoms with E-state index in [1.165, 1.54) is 0 Å². The normalized spacial score (nSPS) is 12.1. The summed E-state index contributed by atoms with van der Waals surface area (Å²) in [6, 6.07) is 41.3. The average molecular weight is 777 g/mol. The number of unbranched alkanes of at least 4 members (excludes halogenated alkanes) is 1. The van der Waals surface area contributed by atoms with Gasteiger partial charge in [-0.05, 0) is 80.8 Å². The molecule has 0 aliphatic rings. The lowest BCUT2D eigenvalue weighted by molar-refractivity contribution is 0.156. The third-order valence-electron chi connectivity index (χ3n) is 10.9. The molecule has 9 aromatic rings. The van der Waals surface area contributed by atoms with E-state index >= 15 is 0 Å². The monoisotopic (exact) mass is 776 g/mol. The number of para-hydroxylation sites is 8. The predicted octanol–water partition coefficient (Wildman–Crippen LogP) is 6.95. The number of aryl methyl sites for hydroxylation is 3. The molecule has 58 heavy (non-hydrogen) atoms. The first-order valence-electron chi connectivity index (χ1n) is 20.0. The van der Waals surface area contributed by atoms with Gasteiger partial charge < -0.3 is 19.3 Å². The maximum atomic E-state index is 13.1. The Kier molecular flexibility index (Phi) is 11.2. The Morgan fingerprint density at radius 3 is 1.40 bits per heavy atom. The van der Waals surface area contributed by atoms with Crippen molar-refractivity contribution >= 4 is 44.1 Å². The Balaban J connectivity index is 0.000000164. The van der Waals surface area contributed by atoms with E-state index in [2.05, 4.69) is 10.6 Å². The number of hydrogen-bond donors (Lipinski definition) is 2. The van der Waals surface area contributed by atoms with Crippen LogP contribution in [0.25, 0.3) is 44.1 Å². The van der Waals surface area contributed by atoms with Crippen molar-refractivity contribution in [3.63, 3.8) is 0 Å². The van der Waals surface area contributed by atoms with E-state index < -0.39 is 6.10 Å². The molecule has 0 aliphatic carbocycles. The standard InChI is InChI=1S/C25H24N4O2.C21H24N4O2/c1-2-27-21-14-8-9-15-22(21)29(25(27)31)17-24-26-19-12-6-7-13-20(19)28(24)16-23(30)18-10-4-3-5-11-18;1-2-23-18-11-5-6-12-19(18)25(21(23)27)15-20-22-16-9-3-4-10-17(16)24(20)13-7-8-14-26/h3-15,23,30H,2,16-17H2,1H3;3-6,9-12,26H,2,7-8,13-15H2,1H3. The van der Waals surface area contributed by atoms with Crippen LogP contribution in [0.2, 0.25) is 0 Å². The fourth-order valence-electron chi connectivity index (χ4n) is 8.03. The zero-order valence-electron chi connectivity index (χ0n) is 32.9. The van der Waals surface area contributed by atoms with Crippen molar-refractivity contribution in [1.82, 2.24) is 37.4 Å². The molecule has 12 nitrogen and oxygen atoms in total. The van der Waals surface area contributed by atoms with Gasteiger partial charge in [-0.1, -0.05) is 78.9 Å². The predicted molar refractivity (Wildman–Crippen MR) is 229 cm³/mol. The Bertz CT molecular complexity index is 2950. The fourth-order valence-corrected chi connectivity index (χ4v) is 8.03. The molecule has 1 unspecified atom stereocenters. The highest BCUT2D eigenvalue weighted by molar-refractivity contribution is 5.79. The van der Waals surface area contributed by atoms with E-state index in [-0.39, 0.29) is 18.0 Å². The van der Waals surface area contributed by atoms with Gasteiger partial charge in [0.2, 0.25) is 0 Å². The number of benzene rings is 5. The van der Waals surface area contributed by atoms with Crippen molar-refractivity contribution in [1.29, 1.82) is 0 Å². The number of aromatic nitrogens is 8. The van der Waals surface area contributed by atoms with Gasteiger partial charge in [0.15, 0.2) is 0 Å². The molecule has 0 aliphatic heterocycles. The van der Waals surface area contributed by atoms with E-state index in [0.29, 0.717) is 32.7 Å². The number of hydrogen-bond acceptors (Lipinski definition) is 6. The summed E-state index contributed by atoms with van der Waals surface area (Å²) in [5, 5.41) is 20.0. The van der Waals surface area contributed by atoms with Crippen molar-refractivity contribution in [2.24, 2.45) is 0 Å². The quantitative estimate of drug-likeness (QED) is 0.122. The van der Waals surface area contributed by atoms with Crippen LogP contribution in [0.1, 0.15) is 50.0 Å². The molecular weight excluding hydrogens is 729 g/mol. The van der Waals surface area contributed by atoms with Crippen LogP contribution in [0, 0.1) is 0 Å². The summed E-state index contributed by atoms with van der Waals surface area (Å²) < 4.78 is 11.4. The van der Waals surface area contributed by atoms with Crippen LogP contribution >= 0.6 is 0 Å². The highest BCUT2D eigenvalue weighted by atomic mass is 16.3. The van der Waals surface area contributed by atoms with Crippen molar-refractivity contribution in [2.45, 2.75) is 72.1 Å². The van der Waals surface area contributed by atoms with E-state index in [0.717, 1.165) is 80.7 Å². The molecule has 5 aromatic carbocycles. The maximum Gasteiger partial charge on any atom is 0.329 e. The van der Waals surface area contributed by atoms with Gasteiger partial charge in [0.25, 0.3) is 0 Å². The summed E-state index contributed by atoms with van der Waals surface area (Å²) in [6.07, 6.45) is 0.947. The van der Waals surface area contributed by atoms with Crippen LogP contribution in [-0.2, 0) is 39.3 Å². The molecule has 0 fully saturated rings. The van der Waals surface area contributed by atoms with Crippen LogP contribution in [0.5, 0.6) is 0 Å². The van der Waals surface area contributed by atoms with E-state index in [4.69, 9.17) is 15.1 Å². The molecule has 12 heteroatoms. The van der Waals surface area contributed by atoms with Gasteiger partial charge in [0.1, 0.15) is 11.6 Å². The second kappa shape index (κ2) is 16.9. The summed E-state index contributed by atoms with van der Waals surface area (Å²) in [6.45, 7) is 7.30. The van der Waals surface area contributed by atoms with Gasteiger partial charge in [-0.15, -0.1) is 0 Å². The highest BCUT2D eigenvalue weighted by Gasteiger charge is 2.20.